The van der Waals surface area contributed by atoms with Crippen LogP contribution in [0.5, 0.6) is 5.75 Å². The summed E-state index contributed by atoms with van der Waals surface area (Å²) in [4.78, 5) is 31.6. The van der Waals surface area contributed by atoms with E-state index in [-0.39, 0.29) is 54.3 Å². The van der Waals surface area contributed by atoms with Gasteiger partial charge >= 0.3 is 12.2 Å². The number of likely N-dealkylation sites (N-methyl/N-ethyl adjacent to an activating group) is 1. The summed E-state index contributed by atoms with van der Waals surface area (Å²) in [7, 11) is -0.892. The molecule has 2 heterocycles. The van der Waals surface area contributed by atoms with Crippen molar-refractivity contribution < 1.29 is 41.0 Å². The van der Waals surface area contributed by atoms with Crippen LogP contribution in [0.1, 0.15) is 25.0 Å². The standard InChI is InChI=1S/C29H35F3N6O6S/c1-18-13-38(19(2)16-39)27(40)12-20-11-23(35-28(41)34-22-7-5-21(6-8-22)29(30,31)32)9-10-24(20)44-25(18)14-37(4)45(42,43)26-15-36(3)17-33-26/h5-11,15,17-19,25,39H,12-14,16H2,1-4H3,(H2,34,35,41)/t18-,19+,25-/m1/s1. The zero-order valence-electron chi connectivity index (χ0n) is 25.1. The number of carbonyl (C=O) groups is 2. The van der Waals surface area contributed by atoms with Crippen LogP contribution in [0.15, 0.2) is 60.0 Å². The summed E-state index contributed by atoms with van der Waals surface area (Å²) < 4.78 is 74.0. The van der Waals surface area contributed by atoms with Crippen LogP contribution in [0.2, 0.25) is 0 Å². The molecule has 0 radical (unpaired) electrons. The van der Waals surface area contributed by atoms with Gasteiger partial charge in [-0.3, -0.25) is 4.79 Å². The number of aryl methyl sites for hydroxylation is 1. The van der Waals surface area contributed by atoms with E-state index in [1.807, 2.05) is 6.92 Å². The molecular formula is C29H35F3N6O6S. The van der Waals surface area contributed by atoms with Crippen LogP contribution in [0.3, 0.4) is 0 Å². The summed E-state index contributed by atoms with van der Waals surface area (Å²) in [6, 6.07) is 7.30. The smallest absolute Gasteiger partial charge is 0.416 e. The van der Waals surface area contributed by atoms with Crippen molar-refractivity contribution in [1.82, 2.24) is 18.8 Å². The number of nitrogens with zero attached hydrogens (tertiary/aromatic N) is 4. The van der Waals surface area contributed by atoms with E-state index in [1.54, 1.807) is 20.0 Å². The summed E-state index contributed by atoms with van der Waals surface area (Å²) in [6.45, 7) is 3.32. The Hall–Kier alpha value is -4.15. The van der Waals surface area contributed by atoms with Crippen LogP contribution in [0.4, 0.5) is 29.3 Å². The maximum Gasteiger partial charge on any atom is 0.416 e. The number of imidazole rings is 1. The molecule has 4 rings (SSSR count). The number of ether oxygens (including phenoxy) is 1. The third kappa shape index (κ3) is 8.12. The Bertz CT molecular complexity index is 1630. The molecule has 0 unspecified atom stereocenters. The molecule has 16 heteroatoms. The molecule has 45 heavy (non-hydrogen) atoms. The van der Waals surface area contributed by atoms with Crippen LogP contribution in [-0.2, 0) is 34.5 Å². The quantitative estimate of drug-likeness (QED) is 0.338. The monoisotopic (exact) mass is 652 g/mol. The van der Waals surface area contributed by atoms with Crippen molar-refractivity contribution in [3.05, 3.63) is 66.1 Å². The number of hydrogen-bond donors (Lipinski definition) is 3. The molecule has 0 fully saturated rings. The van der Waals surface area contributed by atoms with Crippen molar-refractivity contribution in [3.63, 3.8) is 0 Å². The third-order valence-electron chi connectivity index (χ3n) is 7.44. The predicted octanol–water partition coefficient (Wildman–Crippen LogP) is 3.55. The number of urea groups is 1. The first kappa shape index (κ1) is 33.7. The summed E-state index contributed by atoms with van der Waals surface area (Å²) in [5, 5.41) is 14.8. The van der Waals surface area contributed by atoms with Gasteiger partial charge in [-0.05, 0) is 49.4 Å². The molecule has 3 aromatic rings. The highest BCUT2D eigenvalue weighted by Gasteiger charge is 2.34. The van der Waals surface area contributed by atoms with Gasteiger partial charge in [0.2, 0.25) is 5.91 Å². The molecule has 0 spiro atoms. The number of alkyl halides is 3. The molecule has 3 N–H and O–H groups in total. The average Bonchev–Trinajstić information content (AvgIpc) is 3.43. The molecule has 244 valence electrons. The minimum atomic E-state index is -4.51. The van der Waals surface area contributed by atoms with Crippen molar-refractivity contribution in [1.29, 1.82) is 0 Å². The number of rotatable bonds is 8. The van der Waals surface area contributed by atoms with Crippen LogP contribution < -0.4 is 15.4 Å². The Morgan fingerprint density at radius 1 is 1.18 bits per heavy atom. The van der Waals surface area contributed by atoms with E-state index in [4.69, 9.17) is 4.74 Å². The molecule has 0 saturated heterocycles. The number of fused-ring (bicyclic) bond motifs is 1. The molecule has 0 bridgehead atoms. The highest BCUT2D eigenvalue weighted by atomic mass is 32.2. The average molecular weight is 653 g/mol. The number of hydrogen-bond acceptors (Lipinski definition) is 7. The number of amides is 3. The number of anilines is 2. The number of benzene rings is 2. The number of nitrogens with one attached hydrogen (secondary N) is 2. The predicted molar refractivity (Wildman–Crippen MR) is 159 cm³/mol. The van der Waals surface area contributed by atoms with Crippen molar-refractivity contribution in [2.24, 2.45) is 13.0 Å². The second-order valence-electron chi connectivity index (χ2n) is 11.0. The zero-order valence-corrected chi connectivity index (χ0v) is 25.9. The lowest BCUT2D eigenvalue weighted by Crippen LogP contribution is -2.48. The van der Waals surface area contributed by atoms with Crippen molar-refractivity contribution in [2.45, 2.75) is 43.6 Å². The van der Waals surface area contributed by atoms with E-state index in [0.717, 1.165) is 28.6 Å². The number of carbonyl (C=O) groups excluding carboxylic acids is 2. The Labute approximate surface area is 258 Å². The van der Waals surface area contributed by atoms with E-state index >= 15 is 0 Å². The normalized spacial score (nSPS) is 18.3. The molecule has 0 saturated carbocycles. The number of aliphatic hydroxyl groups excluding tert-OH is 1. The summed E-state index contributed by atoms with van der Waals surface area (Å²) in [6.07, 6.45) is -2.61. The van der Waals surface area contributed by atoms with Crippen molar-refractivity contribution in [2.75, 3.05) is 37.4 Å². The number of aliphatic hydroxyl groups is 1. The fourth-order valence-corrected chi connectivity index (χ4v) is 5.94. The first-order chi connectivity index (χ1) is 21.1. The van der Waals surface area contributed by atoms with E-state index in [2.05, 4.69) is 15.6 Å². The van der Waals surface area contributed by atoms with Gasteiger partial charge in [0.05, 0.1) is 37.5 Å². The lowest BCUT2D eigenvalue weighted by molar-refractivity contribution is -0.137. The van der Waals surface area contributed by atoms with Gasteiger partial charge in [-0.1, -0.05) is 6.92 Å². The molecule has 1 aromatic heterocycles. The van der Waals surface area contributed by atoms with Gasteiger partial charge in [0.15, 0.2) is 5.03 Å². The van der Waals surface area contributed by atoms with Gasteiger partial charge < -0.3 is 29.9 Å². The van der Waals surface area contributed by atoms with Gasteiger partial charge in [-0.15, -0.1) is 0 Å². The minimum absolute atomic E-state index is 0.0788. The van der Waals surface area contributed by atoms with Gasteiger partial charge in [0.25, 0.3) is 10.0 Å². The van der Waals surface area contributed by atoms with Crippen molar-refractivity contribution in [3.8, 4) is 5.75 Å². The molecule has 3 amide bonds. The van der Waals surface area contributed by atoms with E-state index in [9.17, 15) is 36.3 Å². The van der Waals surface area contributed by atoms with Gasteiger partial charge in [-0.2, -0.15) is 17.5 Å². The number of aromatic nitrogens is 2. The maximum absolute atomic E-state index is 13.4. The van der Waals surface area contributed by atoms with Crippen LogP contribution in [0, 0.1) is 5.92 Å². The molecule has 3 atom stereocenters. The summed E-state index contributed by atoms with van der Waals surface area (Å²) in [5.41, 5.74) is -0.0442. The van der Waals surface area contributed by atoms with Gasteiger partial charge in [0.1, 0.15) is 11.9 Å². The van der Waals surface area contributed by atoms with Crippen LogP contribution in [-0.4, -0.2) is 83.1 Å². The Morgan fingerprint density at radius 2 is 1.82 bits per heavy atom. The molecule has 12 nitrogen and oxygen atoms in total. The molecule has 1 aliphatic heterocycles. The Balaban J connectivity index is 1.58. The Morgan fingerprint density at radius 3 is 2.42 bits per heavy atom. The number of sulfonamides is 1. The number of halogens is 3. The van der Waals surface area contributed by atoms with Gasteiger partial charge in [-0.25, -0.2) is 18.2 Å². The van der Waals surface area contributed by atoms with E-state index in [0.29, 0.717) is 11.3 Å². The zero-order chi connectivity index (χ0) is 33.1. The summed E-state index contributed by atoms with van der Waals surface area (Å²) >= 11 is 0. The second kappa shape index (κ2) is 13.5. The largest absolute Gasteiger partial charge is 0.488 e. The lowest BCUT2D eigenvalue weighted by Gasteiger charge is -2.33. The maximum atomic E-state index is 13.4. The van der Waals surface area contributed by atoms with E-state index < -0.39 is 39.9 Å². The summed E-state index contributed by atoms with van der Waals surface area (Å²) in [5.74, 6) is -0.381. The lowest BCUT2D eigenvalue weighted by atomic mass is 10.0. The van der Waals surface area contributed by atoms with E-state index in [1.165, 1.54) is 41.2 Å². The first-order valence-corrected chi connectivity index (χ1v) is 15.4. The van der Waals surface area contributed by atoms with Crippen LogP contribution in [0.25, 0.3) is 0 Å². The minimum Gasteiger partial charge on any atom is -0.488 e. The Kier molecular flexibility index (Phi) is 10.1. The highest BCUT2D eigenvalue weighted by Crippen LogP contribution is 2.31. The first-order valence-electron chi connectivity index (χ1n) is 14.0. The SMILES string of the molecule is C[C@@H]1CN([C@@H](C)CO)C(=O)Cc2cc(NC(=O)Nc3ccc(C(F)(F)F)cc3)ccc2O[C@@H]1CN(C)S(=O)(=O)c1cn(C)cn1. The molecule has 0 aliphatic carbocycles. The molecule has 2 aromatic carbocycles. The van der Waals surface area contributed by atoms with Crippen LogP contribution >= 0.6 is 0 Å². The van der Waals surface area contributed by atoms with Crippen molar-refractivity contribution >= 4 is 33.3 Å². The highest BCUT2D eigenvalue weighted by molar-refractivity contribution is 7.89. The molecule has 1 aliphatic rings. The fraction of sp³-hybridized carbons (Fsp3) is 0.414. The molecular weight excluding hydrogens is 617 g/mol. The van der Waals surface area contributed by atoms with Gasteiger partial charge in [0, 0.05) is 49.7 Å². The topological polar surface area (TPSA) is 146 Å². The second-order valence-corrected chi connectivity index (χ2v) is 13.0. The fourth-order valence-electron chi connectivity index (χ4n) is 4.79. The third-order valence-corrected chi connectivity index (χ3v) is 9.15.